The van der Waals surface area contributed by atoms with Crippen molar-refractivity contribution in [1.82, 2.24) is 19.6 Å². The van der Waals surface area contributed by atoms with Gasteiger partial charge in [0.15, 0.2) is 0 Å². The van der Waals surface area contributed by atoms with Crippen molar-refractivity contribution in [3.63, 3.8) is 0 Å². The van der Waals surface area contributed by atoms with Crippen molar-refractivity contribution in [2.24, 2.45) is 11.7 Å². The summed E-state index contributed by atoms with van der Waals surface area (Å²) < 4.78 is 44.3. The first kappa shape index (κ1) is 30.1. The minimum Gasteiger partial charge on any atom is -0.375 e. The first-order valence-electron chi connectivity index (χ1n) is 15.2. The molecule has 4 atom stereocenters. The Morgan fingerprint density at radius 3 is 2.61 bits per heavy atom. The molecule has 2 saturated carbocycles. The monoisotopic (exact) mass is 601 g/mol. The maximum atomic E-state index is 15.5. The molecule has 0 radical (unpaired) electrons. The van der Waals surface area contributed by atoms with E-state index in [0.717, 1.165) is 43.4 Å². The second-order valence-electron chi connectivity index (χ2n) is 12.0. The Labute approximate surface area is 255 Å². The van der Waals surface area contributed by atoms with Gasteiger partial charge in [-0.2, -0.15) is 14.9 Å². The normalized spacial score (nSPS) is 23.1. The Morgan fingerprint density at radius 1 is 1.14 bits per heavy atom. The van der Waals surface area contributed by atoms with E-state index >= 15 is 8.78 Å². The van der Waals surface area contributed by atoms with Crippen LogP contribution in [-0.2, 0) is 15.1 Å². The van der Waals surface area contributed by atoms with Gasteiger partial charge in [-0.1, -0.05) is 19.8 Å². The van der Waals surface area contributed by atoms with E-state index < -0.39 is 17.2 Å². The van der Waals surface area contributed by atoms with E-state index in [-0.39, 0.29) is 35.2 Å². The summed E-state index contributed by atoms with van der Waals surface area (Å²) in [7, 11) is 1.60. The summed E-state index contributed by atoms with van der Waals surface area (Å²) in [5, 5.41) is 16.8. The van der Waals surface area contributed by atoms with Crippen LogP contribution in [0.1, 0.15) is 68.9 Å². The maximum absolute atomic E-state index is 15.5. The van der Waals surface area contributed by atoms with Crippen LogP contribution in [0.5, 0.6) is 0 Å². The van der Waals surface area contributed by atoms with Gasteiger partial charge in [-0.3, -0.25) is 4.98 Å². The summed E-state index contributed by atoms with van der Waals surface area (Å²) in [6.45, 7) is 2.50. The fourth-order valence-corrected chi connectivity index (χ4v) is 7.07. The number of imidazole rings is 1. The lowest BCUT2D eigenvalue weighted by Gasteiger charge is -2.39. The molecule has 2 aliphatic rings. The van der Waals surface area contributed by atoms with Gasteiger partial charge >= 0.3 is 0 Å². The number of fused-ring (bicyclic) bond motifs is 1. The average Bonchev–Trinajstić information content (AvgIpc) is 3.66. The lowest BCUT2D eigenvalue weighted by atomic mass is 9.74. The molecule has 4 unspecified atom stereocenters. The first-order valence-corrected chi connectivity index (χ1v) is 15.2. The number of nitrogens with zero attached hydrogens (tertiary/aromatic N) is 5. The predicted molar refractivity (Wildman–Crippen MR) is 162 cm³/mol. The molecule has 3 heterocycles. The topological polar surface area (TPSA) is 123 Å². The third-order valence-electron chi connectivity index (χ3n) is 9.27. The molecule has 0 spiro atoms. The lowest BCUT2D eigenvalue weighted by molar-refractivity contribution is -0.0198. The number of nitrogens with one attached hydrogen (secondary N) is 1. The molecule has 0 amide bonds. The van der Waals surface area contributed by atoms with E-state index in [0.29, 0.717) is 36.5 Å². The van der Waals surface area contributed by atoms with Crippen LogP contribution in [0, 0.1) is 28.9 Å². The fourth-order valence-electron chi connectivity index (χ4n) is 7.07. The number of anilines is 2. The summed E-state index contributed by atoms with van der Waals surface area (Å²) in [5.74, 6) is -0.630. The molecule has 4 aromatic rings. The number of rotatable bonds is 9. The highest BCUT2D eigenvalue weighted by Gasteiger charge is 2.38. The van der Waals surface area contributed by atoms with Gasteiger partial charge in [0.2, 0.25) is 5.95 Å². The van der Waals surface area contributed by atoms with Crippen LogP contribution in [0.25, 0.3) is 16.8 Å². The number of ether oxygens (including phenoxy) is 2. The van der Waals surface area contributed by atoms with Crippen molar-refractivity contribution in [3.05, 3.63) is 71.7 Å². The van der Waals surface area contributed by atoms with E-state index in [1.54, 1.807) is 42.3 Å². The van der Waals surface area contributed by atoms with E-state index in [1.165, 1.54) is 12.1 Å². The van der Waals surface area contributed by atoms with Crippen LogP contribution < -0.4 is 11.1 Å². The van der Waals surface area contributed by atoms with Crippen molar-refractivity contribution in [2.75, 3.05) is 19.0 Å². The van der Waals surface area contributed by atoms with Gasteiger partial charge in [0, 0.05) is 19.3 Å². The number of pyridine rings is 1. The molecule has 0 bridgehead atoms. The van der Waals surface area contributed by atoms with Gasteiger partial charge in [0.1, 0.15) is 11.6 Å². The number of nitriles is 1. The fraction of sp³-hybridized carbons (Fsp3) is 0.455. The number of aromatic nitrogens is 4. The zero-order valence-electron chi connectivity index (χ0n) is 25.0. The van der Waals surface area contributed by atoms with Crippen LogP contribution in [-0.4, -0.2) is 45.4 Å². The lowest BCUT2D eigenvalue weighted by Crippen LogP contribution is -2.46. The zero-order valence-corrected chi connectivity index (χ0v) is 25.0. The molecule has 230 valence electrons. The van der Waals surface area contributed by atoms with E-state index in [2.05, 4.69) is 33.4 Å². The van der Waals surface area contributed by atoms with Crippen molar-refractivity contribution < 1.29 is 18.3 Å². The van der Waals surface area contributed by atoms with Crippen molar-refractivity contribution in [2.45, 2.75) is 75.5 Å². The molecule has 3 aromatic heterocycles. The Bertz CT molecular complexity index is 1650. The standard InChI is InChI=1S/C33H37F2N7O2/c1-20-14-21(15-27(37)31(20)44-13-5-11-36)24-8-12-38-19-29(24)40-32-39-18-23-6-7-28(41-42(23)32)30-25(34)16-22(17-26(30)35)33(43-2)9-3-4-10-33/h6-8,12,16-21,27,31H,3-5,9-10,13-15,37H2,1-2H3,(H,39,40). The minimum absolute atomic E-state index is 0.107. The van der Waals surface area contributed by atoms with Crippen LogP contribution >= 0.6 is 0 Å². The number of halogens is 2. The third kappa shape index (κ3) is 5.65. The smallest absolute Gasteiger partial charge is 0.229 e. The predicted octanol–water partition coefficient (Wildman–Crippen LogP) is 6.37. The van der Waals surface area contributed by atoms with E-state index in [9.17, 15) is 0 Å². The average molecular weight is 602 g/mol. The second kappa shape index (κ2) is 12.6. The number of methoxy groups -OCH3 is 1. The largest absolute Gasteiger partial charge is 0.375 e. The van der Waals surface area contributed by atoms with E-state index in [1.807, 2.05) is 6.07 Å². The van der Waals surface area contributed by atoms with Crippen molar-refractivity contribution in [1.29, 1.82) is 5.26 Å². The SMILES string of the molecule is COC1(c2cc(F)c(-c3ccc4cnc(Nc5cnccc5C5CC(C)C(OCCC#N)C(N)C5)n4n3)c(F)c2)CCCC1. The van der Waals surface area contributed by atoms with Crippen LogP contribution in [0.2, 0.25) is 0 Å². The maximum Gasteiger partial charge on any atom is 0.229 e. The Balaban J connectivity index is 1.27. The highest BCUT2D eigenvalue weighted by molar-refractivity contribution is 5.66. The van der Waals surface area contributed by atoms with Gasteiger partial charge in [-0.25, -0.2) is 13.8 Å². The highest BCUT2D eigenvalue weighted by Crippen LogP contribution is 2.43. The van der Waals surface area contributed by atoms with E-state index in [4.69, 9.17) is 20.5 Å². The third-order valence-corrected chi connectivity index (χ3v) is 9.27. The van der Waals surface area contributed by atoms with Crippen molar-refractivity contribution >= 4 is 17.2 Å². The van der Waals surface area contributed by atoms with Crippen LogP contribution in [0.4, 0.5) is 20.4 Å². The zero-order chi connectivity index (χ0) is 30.8. The number of hydrogen-bond acceptors (Lipinski definition) is 8. The molecular weight excluding hydrogens is 564 g/mol. The molecule has 3 N–H and O–H groups in total. The highest BCUT2D eigenvalue weighted by atomic mass is 19.1. The molecule has 6 rings (SSSR count). The quantitative estimate of drug-likeness (QED) is 0.212. The van der Waals surface area contributed by atoms with Gasteiger partial charge in [0.25, 0.3) is 0 Å². The number of hydrogen-bond donors (Lipinski definition) is 2. The minimum atomic E-state index is -0.683. The Kier molecular flexibility index (Phi) is 8.58. The molecule has 1 aromatic carbocycles. The summed E-state index contributed by atoms with van der Waals surface area (Å²) in [6, 6.07) is 10.00. The summed E-state index contributed by atoms with van der Waals surface area (Å²) in [5.41, 5.74) is 8.82. The van der Waals surface area contributed by atoms with Gasteiger partial charge in [-0.05, 0) is 79.0 Å². The van der Waals surface area contributed by atoms with Crippen LogP contribution in [0.3, 0.4) is 0 Å². The van der Waals surface area contributed by atoms with Crippen LogP contribution in [0.15, 0.2) is 48.9 Å². The molecular formula is C33H37F2N7O2. The molecule has 0 aliphatic heterocycles. The summed E-state index contributed by atoms with van der Waals surface area (Å²) in [6.07, 6.45) is 10.3. The number of benzene rings is 1. The Morgan fingerprint density at radius 2 is 1.91 bits per heavy atom. The molecule has 11 heteroatoms. The Hall–Kier alpha value is -3.98. The summed E-state index contributed by atoms with van der Waals surface area (Å²) in [4.78, 5) is 8.84. The molecule has 2 aliphatic carbocycles. The molecule has 44 heavy (non-hydrogen) atoms. The van der Waals surface area contributed by atoms with Crippen molar-refractivity contribution in [3.8, 4) is 17.3 Å². The number of nitrogens with two attached hydrogens (primary N) is 1. The second-order valence-corrected chi connectivity index (χ2v) is 12.0. The summed E-state index contributed by atoms with van der Waals surface area (Å²) >= 11 is 0. The van der Waals surface area contributed by atoms with Gasteiger partial charge < -0.3 is 20.5 Å². The first-order chi connectivity index (χ1) is 21.3. The molecule has 2 fully saturated rings. The molecule has 9 nitrogen and oxygen atoms in total. The van der Waals surface area contributed by atoms with Gasteiger partial charge in [0.05, 0.1) is 65.7 Å². The van der Waals surface area contributed by atoms with Gasteiger partial charge in [-0.15, -0.1) is 0 Å². The molecule has 0 saturated heterocycles.